The smallest absolute Gasteiger partial charge is 0.253 e. The molecule has 0 saturated heterocycles. The number of fused-ring (bicyclic) bond motifs is 2. The number of hydrogen-bond acceptors (Lipinski definition) is 3. The number of halogens is 1. The zero-order chi connectivity index (χ0) is 18.7. The van der Waals surface area contributed by atoms with Crippen LogP contribution in [0.5, 0.6) is 0 Å². The van der Waals surface area contributed by atoms with Gasteiger partial charge in [-0.3, -0.25) is 9.78 Å². The molecule has 0 spiro atoms. The van der Waals surface area contributed by atoms with Crippen molar-refractivity contribution in [2.75, 3.05) is 14.1 Å². The minimum absolute atomic E-state index is 0.139. The van der Waals surface area contributed by atoms with Crippen LogP contribution < -0.4 is 11.1 Å². The third-order valence-electron chi connectivity index (χ3n) is 4.12. The van der Waals surface area contributed by atoms with E-state index in [4.69, 9.17) is 11.6 Å². The summed E-state index contributed by atoms with van der Waals surface area (Å²) in [6.07, 6.45) is 3.63. The number of carbonyl (C=O) groups is 1. The summed E-state index contributed by atoms with van der Waals surface area (Å²) < 4.78 is 2.01. The van der Waals surface area contributed by atoms with Crippen LogP contribution >= 0.6 is 11.6 Å². The molecule has 4 aromatic rings. The van der Waals surface area contributed by atoms with Gasteiger partial charge in [0.1, 0.15) is 0 Å². The van der Waals surface area contributed by atoms with Gasteiger partial charge >= 0.3 is 0 Å². The molecule has 132 valence electrons. The van der Waals surface area contributed by atoms with Crippen LogP contribution in [0.3, 0.4) is 0 Å². The number of rotatable bonds is 2. The minimum atomic E-state index is -0.139. The number of nitrogens with one attached hydrogen (secondary N) is 1. The maximum atomic E-state index is 12.3. The fraction of sp³-hybridized carbons (Fsp3) is 0.100. The molecule has 0 atom stereocenters. The topological polar surface area (TPSA) is 72.9 Å². The SMILES string of the molecule is CN.CNC(=O)c1cn(-c2ccnc3ccccc23)c2ccc(Cl)cc12. The number of amides is 1. The molecule has 0 aliphatic rings. The average molecular weight is 367 g/mol. The Labute approximate surface area is 156 Å². The average Bonchev–Trinajstić information content (AvgIpc) is 3.07. The Morgan fingerprint density at radius 3 is 2.65 bits per heavy atom. The number of hydrogen-bond donors (Lipinski definition) is 2. The Morgan fingerprint density at radius 1 is 1.12 bits per heavy atom. The monoisotopic (exact) mass is 366 g/mol. The number of para-hydroxylation sites is 1. The van der Waals surface area contributed by atoms with Crippen LogP contribution in [0.2, 0.25) is 5.02 Å². The normalized spacial score (nSPS) is 10.5. The number of pyridine rings is 1. The third kappa shape index (κ3) is 3.03. The molecule has 0 saturated carbocycles. The maximum absolute atomic E-state index is 12.3. The van der Waals surface area contributed by atoms with Crippen molar-refractivity contribution in [1.82, 2.24) is 14.9 Å². The molecule has 0 radical (unpaired) electrons. The van der Waals surface area contributed by atoms with Gasteiger partial charge in [0.05, 0.1) is 22.3 Å². The lowest BCUT2D eigenvalue weighted by atomic mass is 10.1. The molecule has 2 aromatic heterocycles. The largest absolute Gasteiger partial charge is 0.355 e. The molecule has 0 aliphatic heterocycles. The van der Waals surface area contributed by atoms with Gasteiger partial charge < -0.3 is 15.6 Å². The van der Waals surface area contributed by atoms with Gasteiger partial charge in [0.25, 0.3) is 5.91 Å². The van der Waals surface area contributed by atoms with Gasteiger partial charge in [0.2, 0.25) is 0 Å². The van der Waals surface area contributed by atoms with Gasteiger partial charge in [0, 0.05) is 35.2 Å². The molecule has 6 heteroatoms. The van der Waals surface area contributed by atoms with Crippen molar-refractivity contribution in [3.63, 3.8) is 0 Å². The molecule has 4 rings (SSSR count). The fourth-order valence-corrected chi connectivity index (χ4v) is 3.18. The molecule has 0 unspecified atom stereocenters. The van der Waals surface area contributed by atoms with Crippen LogP contribution in [-0.4, -0.2) is 29.6 Å². The Hall–Kier alpha value is -2.89. The van der Waals surface area contributed by atoms with E-state index in [0.29, 0.717) is 10.6 Å². The summed E-state index contributed by atoms with van der Waals surface area (Å²) in [5.74, 6) is -0.139. The zero-order valence-corrected chi connectivity index (χ0v) is 15.3. The van der Waals surface area contributed by atoms with Crippen molar-refractivity contribution in [1.29, 1.82) is 0 Å². The second kappa shape index (κ2) is 7.56. The van der Waals surface area contributed by atoms with Crippen molar-refractivity contribution in [2.24, 2.45) is 5.73 Å². The van der Waals surface area contributed by atoms with E-state index in [1.165, 1.54) is 7.05 Å². The molecule has 26 heavy (non-hydrogen) atoms. The van der Waals surface area contributed by atoms with E-state index in [2.05, 4.69) is 16.0 Å². The lowest BCUT2D eigenvalue weighted by Gasteiger charge is -2.09. The van der Waals surface area contributed by atoms with E-state index in [-0.39, 0.29) is 5.91 Å². The minimum Gasteiger partial charge on any atom is -0.355 e. The number of aromatic nitrogens is 2. The van der Waals surface area contributed by atoms with Crippen LogP contribution in [0.25, 0.3) is 27.5 Å². The fourth-order valence-electron chi connectivity index (χ4n) is 3.01. The van der Waals surface area contributed by atoms with Crippen molar-refractivity contribution >= 4 is 39.3 Å². The first-order valence-corrected chi connectivity index (χ1v) is 8.51. The molecule has 0 aliphatic carbocycles. The van der Waals surface area contributed by atoms with Gasteiger partial charge in [-0.05, 0) is 37.4 Å². The van der Waals surface area contributed by atoms with Gasteiger partial charge in [-0.2, -0.15) is 0 Å². The molecular weight excluding hydrogens is 348 g/mol. The lowest BCUT2D eigenvalue weighted by molar-refractivity contribution is 0.0964. The van der Waals surface area contributed by atoms with Crippen LogP contribution in [0, 0.1) is 0 Å². The van der Waals surface area contributed by atoms with E-state index in [1.807, 2.05) is 59.3 Å². The first-order valence-electron chi connectivity index (χ1n) is 8.13. The Bertz CT molecular complexity index is 1080. The Kier molecular flexibility index (Phi) is 5.21. The summed E-state index contributed by atoms with van der Waals surface area (Å²) in [6, 6.07) is 15.5. The highest BCUT2D eigenvalue weighted by Crippen LogP contribution is 2.30. The molecule has 1 amide bonds. The number of carbonyl (C=O) groups excluding carboxylic acids is 1. The van der Waals surface area contributed by atoms with E-state index in [9.17, 15) is 4.79 Å². The summed E-state index contributed by atoms with van der Waals surface area (Å²) >= 11 is 6.14. The number of nitrogens with zero attached hydrogens (tertiary/aromatic N) is 2. The zero-order valence-electron chi connectivity index (χ0n) is 14.5. The third-order valence-corrected chi connectivity index (χ3v) is 4.36. The predicted molar refractivity (Wildman–Crippen MR) is 107 cm³/mol. The molecule has 0 bridgehead atoms. The van der Waals surface area contributed by atoms with Crippen molar-refractivity contribution in [3.8, 4) is 5.69 Å². The van der Waals surface area contributed by atoms with Crippen LogP contribution in [-0.2, 0) is 0 Å². The highest BCUT2D eigenvalue weighted by molar-refractivity contribution is 6.31. The van der Waals surface area contributed by atoms with E-state index >= 15 is 0 Å². The molecule has 0 fully saturated rings. The summed E-state index contributed by atoms with van der Waals surface area (Å²) in [5.41, 5.74) is 7.90. The summed E-state index contributed by atoms with van der Waals surface area (Å²) in [6.45, 7) is 0. The number of benzene rings is 2. The summed E-state index contributed by atoms with van der Waals surface area (Å²) in [4.78, 5) is 16.7. The maximum Gasteiger partial charge on any atom is 0.253 e. The van der Waals surface area contributed by atoms with E-state index < -0.39 is 0 Å². The van der Waals surface area contributed by atoms with Crippen molar-refractivity contribution < 1.29 is 4.79 Å². The first kappa shape index (κ1) is 17.9. The standard InChI is InChI=1S/C19H14ClN3O.CH5N/c1-21-19(24)15-11-23(17-7-6-12(20)10-14(15)17)18-8-9-22-16-5-3-2-4-13(16)18;1-2/h2-11H,1H3,(H,21,24);2H2,1H3. The highest BCUT2D eigenvalue weighted by Gasteiger charge is 2.16. The Balaban J connectivity index is 0.000000948. The first-order chi connectivity index (χ1) is 12.7. The highest BCUT2D eigenvalue weighted by atomic mass is 35.5. The molecule has 3 N–H and O–H groups in total. The summed E-state index contributed by atoms with van der Waals surface area (Å²) in [7, 11) is 3.12. The van der Waals surface area contributed by atoms with Crippen LogP contribution in [0.15, 0.2) is 60.9 Å². The van der Waals surface area contributed by atoms with Crippen LogP contribution in [0.4, 0.5) is 0 Å². The van der Waals surface area contributed by atoms with Crippen LogP contribution in [0.1, 0.15) is 10.4 Å². The van der Waals surface area contributed by atoms with Gasteiger partial charge in [0.15, 0.2) is 0 Å². The van der Waals surface area contributed by atoms with Gasteiger partial charge in [-0.15, -0.1) is 0 Å². The molecular formula is C20H19ClN4O. The predicted octanol–water partition coefficient (Wildman–Crippen LogP) is 3.77. The van der Waals surface area contributed by atoms with Crippen molar-refractivity contribution in [3.05, 3.63) is 71.5 Å². The molecule has 2 heterocycles. The second-order valence-electron chi connectivity index (χ2n) is 5.50. The van der Waals surface area contributed by atoms with E-state index in [1.54, 1.807) is 13.2 Å². The van der Waals surface area contributed by atoms with Crippen molar-refractivity contribution in [2.45, 2.75) is 0 Å². The quantitative estimate of drug-likeness (QED) is 0.567. The van der Waals surface area contributed by atoms with E-state index in [0.717, 1.165) is 27.5 Å². The summed E-state index contributed by atoms with van der Waals surface area (Å²) in [5, 5.41) is 5.13. The molecule has 5 nitrogen and oxygen atoms in total. The van der Waals surface area contributed by atoms with Gasteiger partial charge in [-0.1, -0.05) is 29.8 Å². The van der Waals surface area contributed by atoms with Gasteiger partial charge in [-0.25, -0.2) is 0 Å². The molecule has 2 aromatic carbocycles. The second-order valence-corrected chi connectivity index (χ2v) is 5.94. The number of nitrogens with two attached hydrogens (primary N) is 1. The lowest BCUT2D eigenvalue weighted by Crippen LogP contribution is -2.17. The Morgan fingerprint density at radius 2 is 1.88 bits per heavy atom.